The van der Waals surface area contributed by atoms with Crippen LogP contribution in [0.5, 0.6) is 0 Å². The largest absolute Gasteiger partial charge is 0.346 e. The number of allylic oxidation sites excluding steroid dienone is 1. The van der Waals surface area contributed by atoms with Gasteiger partial charge < -0.3 is 9.55 Å². The van der Waals surface area contributed by atoms with Crippen molar-refractivity contribution in [1.82, 2.24) is 14.5 Å². The van der Waals surface area contributed by atoms with Crippen LogP contribution in [0.2, 0.25) is 0 Å². The average molecular weight is 330 g/mol. The van der Waals surface area contributed by atoms with Crippen LogP contribution < -0.4 is 0 Å². The van der Waals surface area contributed by atoms with Crippen molar-refractivity contribution in [3.63, 3.8) is 0 Å². The van der Waals surface area contributed by atoms with Gasteiger partial charge in [-0.2, -0.15) is 5.26 Å². The zero-order chi connectivity index (χ0) is 17.4. The molecule has 4 nitrogen and oxygen atoms in total. The summed E-state index contributed by atoms with van der Waals surface area (Å²) in [5.41, 5.74) is 6.04. The number of hydrogen-bond acceptors (Lipinski definition) is 2. The Labute approximate surface area is 147 Å². The van der Waals surface area contributed by atoms with E-state index in [1.54, 1.807) is 0 Å². The van der Waals surface area contributed by atoms with E-state index < -0.39 is 0 Å². The van der Waals surface area contributed by atoms with Gasteiger partial charge in [0.1, 0.15) is 11.9 Å². The predicted molar refractivity (Wildman–Crippen MR) is 101 cm³/mol. The normalized spacial score (nSPS) is 15.8. The van der Waals surface area contributed by atoms with E-state index >= 15 is 0 Å². The van der Waals surface area contributed by atoms with Gasteiger partial charge in [0.15, 0.2) is 0 Å². The first-order valence-corrected chi connectivity index (χ1v) is 8.92. The van der Waals surface area contributed by atoms with Gasteiger partial charge in [0.2, 0.25) is 0 Å². The zero-order valence-corrected chi connectivity index (χ0v) is 14.7. The number of nitrogens with one attached hydrogen (secondary N) is 1. The molecule has 0 unspecified atom stereocenters. The van der Waals surface area contributed by atoms with E-state index in [9.17, 15) is 5.26 Å². The van der Waals surface area contributed by atoms with Crippen LogP contribution >= 0.6 is 0 Å². The molecule has 2 heterocycles. The third kappa shape index (κ3) is 2.76. The van der Waals surface area contributed by atoms with E-state index in [1.807, 2.05) is 30.3 Å². The molecule has 0 radical (unpaired) electrons. The third-order valence-corrected chi connectivity index (χ3v) is 5.28. The molecule has 0 saturated heterocycles. The lowest BCUT2D eigenvalue weighted by Gasteiger charge is -2.17. The van der Waals surface area contributed by atoms with E-state index in [-0.39, 0.29) is 0 Å². The molecule has 1 aliphatic rings. The van der Waals surface area contributed by atoms with Crippen molar-refractivity contribution < 1.29 is 0 Å². The van der Waals surface area contributed by atoms with Crippen molar-refractivity contribution in [1.29, 1.82) is 5.26 Å². The molecule has 0 amide bonds. The fourth-order valence-corrected chi connectivity index (χ4v) is 4.06. The summed E-state index contributed by atoms with van der Waals surface area (Å²) in [6.07, 6.45) is 7.11. The van der Waals surface area contributed by atoms with Crippen molar-refractivity contribution >= 4 is 22.7 Å². The Hall–Kier alpha value is -2.80. The van der Waals surface area contributed by atoms with Crippen molar-refractivity contribution in [2.45, 2.75) is 45.6 Å². The molecule has 1 fully saturated rings. The van der Waals surface area contributed by atoms with Crippen LogP contribution in [0.3, 0.4) is 0 Å². The molecule has 0 aliphatic heterocycles. The van der Waals surface area contributed by atoms with Crippen LogP contribution in [0, 0.1) is 25.2 Å². The molecule has 0 bridgehead atoms. The van der Waals surface area contributed by atoms with Crippen molar-refractivity contribution in [2.75, 3.05) is 0 Å². The van der Waals surface area contributed by atoms with Crippen LogP contribution in [-0.4, -0.2) is 14.5 Å². The lowest BCUT2D eigenvalue weighted by atomic mass is 10.1. The average Bonchev–Trinajstić information content (AvgIpc) is 3.32. The highest BCUT2D eigenvalue weighted by atomic mass is 15.0. The smallest absolute Gasteiger partial charge is 0.149 e. The van der Waals surface area contributed by atoms with Crippen molar-refractivity contribution in [3.05, 3.63) is 53.1 Å². The second-order valence-corrected chi connectivity index (χ2v) is 6.91. The van der Waals surface area contributed by atoms with Crippen LogP contribution in [0.25, 0.3) is 22.7 Å². The molecule has 2 aromatic heterocycles. The maximum Gasteiger partial charge on any atom is 0.149 e. The molecule has 4 heteroatoms. The number of H-pyrrole nitrogens is 1. The summed E-state index contributed by atoms with van der Waals surface area (Å²) in [7, 11) is 0. The first kappa shape index (κ1) is 15.7. The maximum absolute atomic E-state index is 9.66. The summed E-state index contributed by atoms with van der Waals surface area (Å²) in [6, 6.07) is 13.0. The second kappa shape index (κ2) is 6.25. The first-order valence-electron chi connectivity index (χ1n) is 8.92. The number of aromatic amines is 1. The van der Waals surface area contributed by atoms with Crippen LogP contribution in [0.1, 0.15) is 54.5 Å². The number of nitriles is 1. The third-order valence-electron chi connectivity index (χ3n) is 5.28. The number of hydrogen-bond donors (Lipinski definition) is 1. The van der Waals surface area contributed by atoms with Gasteiger partial charge in [0, 0.05) is 17.4 Å². The molecule has 0 atom stereocenters. The monoisotopic (exact) mass is 330 g/mol. The van der Waals surface area contributed by atoms with Crippen molar-refractivity contribution in [2.24, 2.45) is 0 Å². The number of aryl methyl sites for hydroxylation is 1. The van der Waals surface area contributed by atoms with E-state index in [4.69, 9.17) is 0 Å². The molecule has 25 heavy (non-hydrogen) atoms. The number of para-hydroxylation sites is 2. The topological polar surface area (TPSA) is 57.4 Å². The van der Waals surface area contributed by atoms with Gasteiger partial charge in [-0.25, -0.2) is 4.98 Å². The highest BCUT2D eigenvalue weighted by Gasteiger charge is 2.21. The number of aromatic nitrogens is 3. The van der Waals surface area contributed by atoms with E-state index in [0.29, 0.717) is 17.4 Å². The fraction of sp³-hybridized carbons (Fsp3) is 0.333. The Morgan fingerprint density at radius 3 is 2.76 bits per heavy atom. The maximum atomic E-state index is 9.66. The molecule has 4 rings (SSSR count). The molecule has 1 aromatic carbocycles. The first-order chi connectivity index (χ1) is 12.2. The zero-order valence-electron chi connectivity index (χ0n) is 14.7. The van der Waals surface area contributed by atoms with Crippen molar-refractivity contribution in [3.8, 4) is 6.07 Å². The Balaban J connectivity index is 1.75. The van der Waals surface area contributed by atoms with Gasteiger partial charge in [0.25, 0.3) is 0 Å². The highest BCUT2D eigenvalue weighted by Crippen LogP contribution is 2.34. The van der Waals surface area contributed by atoms with Crippen LogP contribution in [-0.2, 0) is 0 Å². The van der Waals surface area contributed by atoms with Crippen LogP contribution in [0.15, 0.2) is 30.3 Å². The van der Waals surface area contributed by atoms with E-state index in [0.717, 1.165) is 16.6 Å². The summed E-state index contributed by atoms with van der Waals surface area (Å²) in [5.74, 6) is 0.634. The summed E-state index contributed by atoms with van der Waals surface area (Å²) in [5, 5.41) is 9.66. The molecule has 126 valence electrons. The lowest BCUT2D eigenvalue weighted by Crippen LogP contribution is -2.08. The Bertz CT molecular complexity index is 958. The minimum absolute atomic E-state index is 0.572. The quantitative estimate of drug-likeness (QED) is 0.674. The number of rotatable bonds is 3. The van der Waals surface area contributed by atoms with E-state index in [2.05, 4.69) is 40.5 Å². The van der Waals surface area contributed by atoms with Gasteiger partial charge in [-0.15, -0.1) is 0 Å². The number of imidazole rings is 1. The SMILES string of the molecule is Cc1cc(/C=C(\C#N)c2nc3ccccc3[nH]2)c(C)n1C1CCCC1. The predicted octanol–water partition coefficient (Wildman–Crippen LogP) is 5.16. The van der Waals surface area contributed by atoms with Gasteiger partial charge in [-0.1, -0.05) is 25.0 Å². The summed E-state index contributed by atoms with van der Waals surface area (Å²) >= 11 is 0. The highest BCUT2D eigenvalue weighted by molar-refractivity contribution is 5.90. The fourth-order valence-electron chi connectivity index (χ4n) is 4.06. The standard InChI is InChI=1S/C21H22N4/c1-14-11-16(15(2)25(14)18-7-3-4-8-18)12-17(13-22)21-23-19-9-5-6-10-20(19)24-21/h5-6,9-12,18H,3-4,7-8H2,1-2H3,(H,23,24)/b17-12+. The number of nitrogens with zero attached hydrogens (tertiary/aromatic N) is 3. The molecule has 3 aromatic rings. The molecule has 1 aliphatic carbocycles. The Kier molecular flexibility index (Phi) is 3.93. The molecule has 0 spiro atoms. The molecule has 1 saturated carbocycles. The number of fused-ring (bicyclic) bond motifs is 1. The summed E-state index contributed by atoms with van der Waals surface area (Å²) < 4.78 is 2.45. The molecular formula is C21H22N4. The van der Waals surface area contributed by atoms with Gasteiger partial charge in [-0.3, -0.25) is 0 Å². The molecular weight excluding hydrogens is 308 g/mol. The van der Waals surface area contributed by atoms with Gasteiger partial charge >= 0.3 is 0 Å². The van der Waals surface area contributed by atoms with E-state index in [1.165, 1.54) is 37.1 Å². The Morgan fingerprint density at radius 1 is 1.28 bits per heavy atom. The van der Waals surface area contributed by atoms with Gasteiger partial charge in [-0.05, 0) is 56.5 Å². The minimum atomic E-state index is 0.572. The minimum Gasteiger partial charge on any atom is -0.346 e. The second-order valence-electron chi connectivity index (χ2n) is 6.91. The lowest BCUT2D eigenvalue weighted by molar-refractivity contribution is 0.500. The number of benzene rings is 1. The Morgan fingerprint density at radius 2 is 2.04 bits per heavy atom. The van der Waals surface area contributed by atoms with Crippen LogP contribution in [0.4, 0.5) is 0 Å². The summed E-state index contributed by atoms with van der Waals surface area (Å²) in [4.78, 5) is 7.82. The summed E-state index contributed by atoms with van der Waals surface area (Å²) in [6.45, 7) is 4.32. The molecule has 1 N–H and O–H groups in total. The van der Waals surface area contributed by atoms with Gasteiger partial charge in [0.05, 0.1) is 16.6 Å².